The number of H-pyrrole nitrogens is 1. The Morgan fingerprint density at radius 1 is 1.00 bits per heavy atom. The monoisotopic (exact) mass is 494 g/mol. The lowest BCUT2D eigenvalue weighted by Gasteiger charge is -2.38. The normalized spacial score (nSPS) is 25.6. The number of hydrogen-bond donors (Lipinski definition) is 2. The zero-order valence-corrected chi connectivity index (χ0v) is 21.2. The van der Waals surface area contributed by atoms with Gasteiger partial charge >= 0.3 is 0 Å². The molecular weight excluding hydrogens is 460 g/mol. The number of amides is 1. The summed E-state index contributed by atoms with van der Waals surface area (Å²) < 4.78 is 29.1. The zero-order chi connectivity index (χ0) is 24.6. The molecule has 7 nitrogen and oxygen atoms in total. The summed E-state index contributed by atoms with van der Waals surface area (Å²) in [6.45, 7) is 6.11. The molecule has 2 aliphatic rings. The van der Waals surface area contributed by atoms with Crippen molar-refractivity contribution in [3.63, 3.8) is 0 Å². The maximum absolute atomic E-state index is 13.1. The van der Waals surface area contributed by atoms with E-state index in [1.54, 1.807) is 18.2 Å². The molecular formula is C27H34N4O3S. The van der Waals surface area contributed by atoms with Crippen molar-refractivity contribution in [2.75, 3.05) is 13.1 Å². The number of benzene rings is 2. The Balaban J connectivity index is 1.22. The fourth-order valence-electron chi connectivity index (χ4n) is 5.73. The van der Waals surface area contributed by atoms with Crippen LogP contribution >= 0.6 is 0 Å². The number of fused-ring (bicyclic) bond motifs is 1. The lowest BCUT2D eigenvalue weighted by Crippen LogP contribution is -2.47. The number of nitrogens with zero attached hydrogens (tertiary/aromatic N) is 2. The zero-order valence-electron chi connectivity index (χ0n) is 20.4. The number of nitrogens with one attached hydrogen (secondary N) is 2. The third-order valence-corrected chi connectivity index (χ3v) is 8.91. The summed E-state index contributed by atoms with van der Waals surface area (Å²) in [4.78, 5) is 23.2. The summed E-state index contributed by atoms with van der Waals surface area (Å²) in [6.07, 6.45) is 3.99. The molecule has 1 saturated carbocycles. The molecule has 5 rings (SSSR count). The Morgan fingerprint density at radius 2 is 1.69 bits per heavy atom. The summed E-state index contributed by atoms with van der Waals surface area (Å²) in [7, 11) is -3.68. The molecule has 2 atom stereocenters. The summed E-state index contributed by atoms with van der Waals surface area (Å²) in [5.41, 5.74) is 2.36. The van der Waals surface area contributed by atoms with E-state index < -0.39 is 10.0 Å². The van der Waals surface area contributed by atoms with E-state index in [9.17, 15) is 13.2 Å². The van der Waals surface area contributed by atoms with Crippen molar-refractivity contribution in [1.82, 2.24) is 19.6 Å². The predicted molar refractivity (Wildman–Crippen MR) is 137 cm³/mol. The highest BCUT2D eigenvalue weighted by molar-refractivity contribution is 7.89. The van der Waals surface area contributed by atoms with E-state index in [2.05, 4.69) is 28.5 Å². The van der Waals surface area contributed by atoms with Crippen molar-refractivity contribution in [2.45, 2.75) is 56.9 Å². The standard InChI is InChI=1S/C27H34N4O3S/c1-18-14-19(2)17-31(16-18)27(32)21-8-10-22(11-9-21)30-35(33,34)23-12-13-24-25(15-23)29-26(28-24)20-6-4-3-5-7-20/h3-7,12-13,15,18-19,21-22,30H,8-11,14,16-17H2,1-2H3,(H,28,29)/t18-,19-,21-,22-/m0/s1. The number of carbonyl (C=O) groups is 1. The average Bonchev–Trinajstić information content (AvgIpc) is 3.27. The maximum atomic E-state index is 13.1. The molecule has 35 heavy (non-hydrogen) atoms. The number of sulfonamides is 1. The number of imidazole rings is 1. The Hall–Kier alpha value is -2.71. The molecule has 8 heteroatoms. The molecule has 0 bridgehead atoms. The van der Waals surface area contributed by atoms with E-state index in [1.807, 2.05) is 35.2 Å². The number of piperidine rings is 1. The van der Waals surface area contributed by atoms with Crippen LogP contribution in [0.15, 0.2) is 53.4 Å². The second kappa shape index (κ2) is 9.74. The van der Waals surface area contributed by atoms with Crippen molar-refractivity contribution < 1.29 is 13.2 Å². The summed E-state index contributed by atoms with van der Waals surface area (Å²) >= 11 is 0. The van der Waals surface area contributed by atoms with Crippen LogP contribution in [0.25, 0.3) is 22.4 Å². The van der Waals surface area contributed by atoms with Crippen molar-refractivity contribution in [3.05, 3.63) is 48.5 Å². The van der Waals surface area contributed by atoms with Crippen LogP contribution in [0.4, 0.5) is 0 Å². The van der Waals surface area contributed by atoms with Crippen LogP contribution in [-0.4, -0.2) is 48.3 Å². The highest BCUT2D eigenvalue weighted by atomic mass is 32.2. The van der Waals surface area contributed by atoms with Crippen LogP contribution in [0, 0.1) is 17.8 Å². The van der Waals surface area contributed by atoms with Gasteiger partial charge in [0.05, 0.1) is 15.9 Å². The minimum Gasteiger partial charge on any atom is -0.342 e. The van der Waals surface area contributed by atoms with Crippen LogP contribution in [0.5, 0.6) is 0 Å². The Bertz CT molecular complexity index is 1290. The smallest absolute Gasteiger partial charge is 0.240 e. The minimum atomic E-state index is -3.68. The Morgan fingerprint density at radius 3 is 2.37 bits per heavy atom. The highest BCUT2D eigenvalue weighted by Gasteiger charge is 2.34. The van der Waals surface area contributed by atoms with Crippen molar-refractivity contribution in [2.24, 2.45) is 17.8 Å². The Labute approximate surface area is 207 Å². The molecule has 0 unspecified atom stereocenters. The van der Waals surface area contributed by atoms with Gasteiger partial charge in [-0.15, -0.1) is 0 Å². The second-order valence-electron chi connectivity index (χ2n) is 10.5. The van der Waals surface area contributed by atoms with Gasteiger partial charge in [0.1, 0.15) is 5.82 Å². The molecule has 1 aliphatic heterocycles. The molecule has 186 valence electrons. The number of rotatable bonds is 5. The fraction of sp³-hybridized carbons (Fsp3) is 0.481. The van der Waals surface area contributed by atoms with E-state index in [0.717, 1.165) is 37.0 Å². The lowest BCUT2D eigenvalue weighted by atomic mass is 9.84. The van der Waals surface area contributed by atoms with Crippen molar-refractivity contribution >= 4 is 27.0 Å². The van der Waals surface area contributed by atoms with E-state index in [-0.39, 0.29) is 22.8 Å². The fourth-order valence-corrected chi connectivity index (χ4v) is 7.06. The van der Waals surface area contributed by atoms with E-state index in [4.69, 9.17) is 0 Å². The molecule has 2 heterocycles. The first-order valence-corrected chi connectivity index (χ1v) is 14.1. The third-order valence-electron chi connectivity index (χ3n) is 7.39. The number of carbonyl (C=O) groups excluding carboxylic acids is 1. The third kappa shape index (κ3) is 5.28. The van der Waals surface area contributed by atoms with Crippen LogP contribution < -0.4 is 4.72 Å². The number of hydrogen-bond acceptors (Lipinski definition) is 4. The number of aromatic amines is 1. The van der Waals surface area contributed by atoms with E-state index in [1.165, 1.54) is 6.42 Å². The van der Waals surface area contributed by atoms with Gasteiger partial charge in [0, 0.05) is 30.6 Å². The van der Waals surface area contributed by atoms with Gasteiger partial charge in [-0.3, -0.25) is 4.79 Å². The Kier molecular flexibility index (Phi) is 6.68. The molecule has 1 aliphatic carbocycles. The van der Waals surface area contributed by atoms with Gasteiger partial charge < -0.3 is 9.88 Å². The van der Waals surface area contributed by atoms with E-state index >= 15 is 0 Å². The van der Waals surface area contributed by atoms with Crippen molar-refractivity contribution in [3.8, 4) is 11.4 Å². The summed E-state index contributed by atoms with van der Waals surface area (Å²) in [5, 5.41) is 0. The first-order chi connectivity index (χ1) is 16.8. The SMILES string of the molecule is C[C@H]1C[C@H](C)CN(C(=O)[C@H]2CC[C@H](NS(=O)(=O)c3ccc4[nH]c(-c5ccccc5)nc4c3)CC2)C1. The molecule has 0 spiro atoms. The van der Waals surface area contributed by atoms with Gasteiger partial charge in [-0.1, -0.05) is 44.2 Å². The summed E-state index contributed by atoms with van der Waals surface area (Å²) in [6, 6.07) is 14.6. The van der Waals surface area contributed by atoms with Crippen LogP contribution in [0.3, 0.4) is 0 Å². The van der Waals surface area contributed by atoms with Gasteiger partial charge in [0.15, 0.2) is 0 Å². The number of aromatic nitrogens is 2. The van der Waals surface area contributed by atoms with Gasteiger partial charge in [-0.25, -0.2) is 18.1 Å². The van der Waals surface area contributed by atoms with Crippen LogP contribution in [0.1, 0.15) is 46.0 Å². The first kappa shape index (κ1) is 24.0. The molecule has 2 N–H and O–H groups in total. The van der Waals surface area contributed by atoms with Gasteiger partial charge in [-0.05, 0) is 62.1 Å². The van der Waals surface area contributed by atoms with E-state index in [0.29, 0.717) is 36.0 Å². The molecule has 0 radical (unpaired) electrons. The largest absolute Gasteiger partial charge is 0.342 e. The topological polar surface area (TPSA) is 95.2 Å². The summed E-state index contributed by atoms with van der Waals surface area (Å²) in [5.74, 6) is 2.06. The minimum absolute atomic E-state index is 0.00469. The molecule has 3 aromatic rings. The molecule has 1 aromatic heterocycles. The molecule has 2 fully saturated rings. The highest BCUT2D eigenvalue weighted by Crippen LogP contribution is 2.30. The first-order valence-electron chi connectivity index (χ1n) is 12.6. The van der Waals surface area contributed by atoms with Gasteiger partial charge in [0.25, 0.3) is 0 Å². The number of likely N-dealkylation sites (tertiary alicyclic amines) is 1. The van der Waals surface area contributed by atoms with Gasteiger partial charge in [-0.2, -0.15) is 0 Å². The molecule has 1 amide bonds. The van der Waals surface area contributed by atoms with Gasteiger partial charge in [0.2, 0.25) is 15.9 Å². The quantitative estimate of drug-likeness (QED) is 0.543. The van der Waals surface area contributed by atoms with Crippen LogP contribution in [-0.2, 0) is 14.8 Å². The second-order valence-corrected chi connectivity index (χ2v) is 12.2. The van der Waals surface area contributed by atoms with Crippen LogP contribution in [0.2, 0.25) is 0 Å². The molecule has 1 saturated heterocycles. The predicted octanol–water partition coefficient (Wildman–Crippen LogP) is 4.57. The lowest BCUT2D eigenvalue weighted by molar-refractivity contribution is -0.139. The average molecular weight is 495 g/mol. The maximum Gasteiger partial charge on any atom is 0.240 e. The molecule has 2 aromatic carbocycles. The van der Waals surface area contributed by atoms with Crippen molar-refractivity contribution in [1.29, 1.82) is 0 Å².